The molecule has 4 rings (SSSR count). The van der Waals surface area contributed by atoms with Crippen LogP contribution < -0.4 is 5.32 Å². The fraction of sp³-hybridized carbons (Fsp3) is 0.706. The van der Waals surface area contributed by atoms with Crippen molar-refractivity contribution in [1.82, 2.24) is 10.2 Å². The Labute approximate surface area is 130 Å². The molecular weight excluding hydrogens is 280 g/mol. The second-order valence-electron chi connectivity index (χ2n) is 7.19. The van der Waals surface area contributed by atoms with Gasteiger partial charge in [-0.25, -0.2) is 0 Å². The molecule has 3 aliphatic rings. The van der Waals surface area contributed by atoms with Gasteiger partial charge in [-0.2, -0.15) is 0 Å². The van der Waals surface area contributed by atoms with E-state index in [0.717, 1.165) is 25.2 Å². The van der Waals surface area contributed by atoms with Crippen molar-refractivity contribution < 1.29 is 4.79 Å². The summed E-state index contributed by atoms with van der Waals surface area (Å²) in [5.74, 6) is 1.68. The molecule has 2 saturated carbocycles. The molecule has 2 aliphatic carbocycles. The van der Waals surface area contributed by atoms with Crippen LogP contribution in [0.25, 0.3) is 0 Å². The Morgan fingerprint density at radius 1 is 1.33 bits per heavy atom. The van der Waals surface area contributed by atoms with Crippen molar-refractivity contribution in [3.8, 4) is 0 Å². The van der Waals surface area contributed by atoms with Gasteiger partial charge in [0, 0.05) is 10.9 Å². The first-order valence-corrected chi connectivity index (χ1v) is 9.14. The lowest BCUT2D eigenvalue weighted by Crippen LogP contribution is -2.47. The summed E-state index contributed by atoms with van der Waals surface area (Å²) in [7, 11) is 0. The first-order valence-electron chi connectivity index (χ1n) is 8.26. The summed E-state index contributed by atoms with van der Waals surface area (Å²) >= 11 is 1.76. The van der Waals surface area contributed by atoms with Crippen LogP contribution in [0.3, 0.4) is 0 Å². The highest BCUT2D eigenvalue weighted by atomic mass is 32.1. The van der Waals surface area contributed by atoms with Gasteiger partial charge in [0.2, 0.25) is 5.91 Å². The van der Waals surface area contributed by atoms with Crippen molar-refractivity contribution >= 4 is 17.2 Å². The molecule has 1 N–H and O–H groups in total. The third kappa shape index (κ3) is 2.07. The summed E-state index contributed by atoms with van der Waals surface area (Å²) in [5.41, 5.74) is -0.213. The summed E-state index contributed by atoms with van der Waals surface area (Å²) in [6, 6.07) is 4.66. The van der Waals surface area contributed by atoms with Crippen LogP contribution in [0.1, 0.15) is 57.0 Å². The maximum atomic E-state index is 13.0. The maximum Gasteiger partial charge on any atom is 0.244 e. The number of amides is 1. The van der Waals surface area contributed by atoms with Crippen molar-refractivity contribution in [1.29, 1.82) is 0 Å². The zero-order chi connectivity index (χ0) is 14.6. The highest BCUT2D eigenvalue weighted by Crippen LogP contribution is 2.49. The van der Waals surface area contributed by atoms with E-state index in [0.29, 0.717) is 17.9 Å². The van der Waals surface area contributed by atoms with E-state index < -0.39 is 0 Å². The maximum absolute atomic E-state index is 13.0. The number of carbonyl (C=O) groups excluding carboxylic acids is 1. The van der Waals surface area contributed by atoms with Gasteiger partial charge in [-0.3, -0.25) is 10.1 Å². The van der Waals surface area contributed by atoms with Crippen LogP contribution in [0.5, 0.6) is 0 Å². The van der Waals surface area contributed by atoms with Gasteiger partial charge in [0.25, 0.3) is 0 Å². The number of nitrogens with one attached hydrogen (secondary N) is 1. The molecule has 4 heteroatoms. The minimum atomic E-state index is -0.213. The molecule has 1 aliphatic heterocycles. The van der Waals surface area contributed by atoms with E-state index in [2.05, 4.69) is 41.6 Å². The molecule has 1 aromatic heterocycles. The van der Waals surface area contributed by atoms with Crippen molar-refractivity contribution in [2.24, 2.45) is 11.8 Å². The zero-order valence-corrected chi connectivity index (χ0v) is 13.7. The SMILES string of the molecule is CC1CCCC(N2C(=O)C3(CC3)NC2c2cccs2)C1C. The largest absolute Gasteiger partial charge is 0.317 e. The van der Waals surface area contributed by atoms with Crippen LogP contribution in [-0.2, 0) is 4.79 Å². The third-order valence-electron chi connectivity index (χ3n) is 5.92. The normalized spacial score (nSPS) is 38.2. The zero-order valence-electron chi connectivity index (χ0n) is 12.8. The quantitative estimate of drug-likeness (QED) is 0.906. The molecule has 114 valence electrons. The molecule has 3 nitrogen and oxygen atoms in total. The Balaban J connectivity index is 1.68. The molecule has 1 spiro atoms. The number of rotatable bonds is 2. The molecule has 0 radical (unpaired) electrons. The highest BCUT2D eigenvalue weighted by Gasteiger charge is 2.61. The summed E-state index contributed by atoms with van der Waals surface area (Å²) < 4.78 is 0. The molecule has 2 heterocycles. The molecule has 0 bridgehead atoms. The second-order valence-corrected chi connectivity index (χ2v) is 8.17. The van der Waals surface area contributed by atoms with Crippen LogP contribution in [0.15, 0.2) is 17.5 Å². The van der Waals surface area contributed by atoms with Gasteiger partial charge in [-0.15, -0.1) is 11.3 Å². The van der Waals surface area contributed by atoms with Crippen molar-refractivity contribution in [3.05, 3.63) is 22.4 Å². The average Bonchev–Trinajstić information content (AvgIpc) is 2.94. The Kier molecular flexibility index (Phi) is 3.16. The van der Waals surface area contributed by atoms with Crippen LogP contribution in [0.2, 0.25) is 0 Å². The highest BCUT2D eigenvalue weighted by molar-refractivity contribution is 7.10. The van der Waals surface area contributed by atoms with E-state index in [1.807, 2.05) is 0 Å². The number of hydrogen-bond acceptors (Lipinski definition) is 3. The van der Waals surface area contributed by atoms with Gasteiger partial charge in [0.15, 0.2) is 0 Å². The smallest absolute Gasteiger partial charge is 0.244 e. The van der Waals surface area contributed by atoms with E-state index in [9.17, 15) is 4.79 Å². The summed E-state index contributed by atoms with van der Waals surface area (Å²) in [6.45, 7) is 4.68. The molecule has 4 unspecified atom stereocenters. The van der Waals surface area contributed by atoms with E-state index in [-0.39, 0.29) is 11.7 Å². The van der Waals surface area contributed by atoms with Crippen LogP contribution in [0.4, 0.5) is 0 Å². The second kappa shape index (κ2) is 4.82. The first-order chi connectivity index (χ1) is 10.1. The monoisotopic (exact) mass is 304 g/mol. The number of thiophene rings is 1. The Morgan fingerprint density at radius 2 is 2.14 bits per heavy atom. The molecule has 21 heavy (non-hydrogen) atoms. The third-order valence-corrected chi connectivity index (χ3v) is 6.84. The van der Waals surface area contributed by atoms with Crippen LogP contribution in [-0.4, -0.2) is 22.4 Å². The van der Waals surface area contributed by atoms with E-state index >= 15 is 0 Å². The van der Waals surface area contributed by atoms with Gasteiger partial charge in [0.1, 0.15) is 11.7 Å². The Morgan fingerprint density at radius 3 is 2.81 bits per heavy atom. The predicted octanol–water partition coefficient (Wildman–Crippen LogP) is 3.54. The summed E-state index contributed by atoms with van der Waals surface area (Å²) in [6.07, 6.45) is 5.86. The minimum Gasteiger partial charge on any atom is -0.317 e. The molecule has 3 fully saturated rings. The van der Waals surface area contributed by atoms with Gasteiger partial charge >= 0.3 is 0 Å². The standard InChI is InChI=1S/C17H24N2OS/c1-11-5-3-6-13(12(11)2)19-15(14-7-4-10-21-14)18-17(8-9-17)16(19)20/h4,7,10-13,15,18H,3,5-6,8-9H2,1-2H3. The molecule has 4 atom stereocenters. The molecular formula is C17H24N2OS. The minimum absolute atomic E-state index is 0.109. The number of nitrogens with zero attached hydrogens (tertiary/aromatic N) is 1. The average molecular weight is 304 g/mol. The van der Waals surface area contributed by atoms with Crippen molar-refractivity contribution in [2.75, 3.05) is 0 Å². The van der Waals surface area contributed by atoms with E-state index in [4.69, 9.17) is 0 Å². The Bertz CT molecular complexity index is 537. The number of carbonyl (C=O) groups is 1. The lowest BCUT2D eigenvalue weighted by Gasteiger charge is -2.42. The molecule has 1 aromatic rings. The summed E-state index contributed by atoms with van der Waals surface area (Å²) in [5, 5.41) is 5.78. The van der Waals surface area contributed by atoms with Crippen molar-refractivity contribution in [2.45, 2.75) is 63.7 Å². The lowest BCUT2D eigenvalue weighted by atomic mass is 9.77. The molecule has 0 aromatic carbocycles. The molecule has 1 amide bonds. The van der Waals surface area contributed by atoms with Gasteiger partial charge in [-0.1, -0.05) is 32.8 Å². The van der Waals surface area contributed by atoms with Gasteiger partial charge in [-0.05, 0) is 42.5 Å². The lowest BCUT2D eigenvalue weighted by molar-refractivity contribution is -0.135. The van der Waals surface area contributed by atoms with Gasteiger partial charge in [0.05, 0.1) is 0 Å². The Hall–Kier alpha value is -0.870. The fourth-order valence-corrected chi connectivity index (χ4v) is 4.96. The number of hydrogen-bond donors (Lipinski definition) is 1. The summed E-state index contributed by atoms with van der Waals surface area (Å²) in [4.78, 5) is 16.5. The van der Waals surface area contributed by atoms with Crippen LogP contribution in [0, 0.1) is 11.8 Å². The van der Waals surface area contributed by atoms with Gasteiger partial charge < -0.3 is 4.90 Å². The topological polar surface area (TPSA) is 32.3 Å². The fourth-order valence-electron chi connectivity index (χ4n) is 4.18. The first kappa shape index (κ1) is 13.8. The predicted molar refractivity (Wildman–Crippen MR) is 85.0 cm³/mol. The van der Waals surface area contributed by atoms with Crippen LogP contribution >= 0.6 is 11.3 Å². The van der Waals surface area contributed by atoms with Crippen molar-refractivity contribution in [3.63, 3.8) is 0 Å². The van der Waals surface area contributed by atoms with E-state index in [1.165, 1.54) is 17.7 Å². The van der Waals surface area contributed by atoms with E-state index in [1.54, 1.807) is 11.3 Å². The molecule has 1 saturated heterocycles.